The highest BCUT2D eigenvalue weighted by Gasteiger charge is 2.05. The lowest BCUT2D eigenvalue weighted by Crippen LogP contribution is -2.27. The van der Waals surface area contributed by atoms with E-state index in [1.807, 2.05) is 31.2 Å². The number of aryl methyl sites for hydroxylation is 1. The number of aldehydes is 1. The molecule has 2 aromatic rings. The number of nitrogens with one attached hydrogen (secondary N) is 1. The second-order valence-electron chi connectivity index (χ2n) is 4.22. The fourth-order valence-electron chi connectivity index (χ4n) is 1.55. The molecule has 2 rings (SSSR count). The van der Waals surface area contributed by atoms with Crippen LogP contribution in [0.4, 0.5) is 0 Å². The van der Waals surface area contributed by atoms with Crippen molar-refractivity contribution in [2.24, 2.45) is 0 Å². The van der Waals surface area contributed by atoms with Crippen molar-refractivity contribution < 1.29 is 9.59 Å². The highest BCUT2D eigenvalue weighted by molar-refractivity contribution is 5.76. The number of amides is 1. The molecule has 0 spiro atoms. The van der Waals surface area contributed by atoms with Crippen molar-refractivity contribution in [1.29, 1.82) is 0 Å². The van der Waals surface area contributed by atoms with Gasteiger partial charge < -0.3 is 5.32 Å². The molecular weight excluding hydrogens is 244 g/mol. The van der Waals surface area contributed by atoms with E-state index in [4.69, 9.17) is 0 Å². The predicted octanol–water partition coefficient (Wildman–Crippen LogP) is 0.715. The largest absolute Gasteiger partial charge is 0.350 e. The van der Waals surface area contributed by atoms with Gasteiger partial charge in [-0.3, -0.25) is 9.59 Å². The first-order chi connectivity index (χ1) is 9.17. The van der Waals surface area contributed by atoms with E-state index in [1.165, 1.54) is 16.4 Å². The van der Waals surface area contributed by atoms with Crippen LogP contribution in [-0.2, 0) is 17.9 Å². The van der Waals surface area contributed by atoms with Crippen LogP contribution in [0.25, 0.3) is 0 Å². The molecule has 1 amide bonds. The zero-order valence-electron chi connectivity index (χ0n) is 10.5. The first-order valence-corrected chi connectivity index (χ1v) is 5.85. The first kappa shape index (κ1) is 12.9. The molecule has 0 radical (unpaired) electrons. The topological polar surface area (TPSA) is 76.9 Å². The average Bonchev–Trinajstić information content (AvgIpc) is 2.86. The van der Waals surface area contributed by atoms with Crippen LogP contribution in [0.5, 0.6) is 0 Å². The molecule has 0 unspecified atom stereocenters. The Balaban J connectivity index is 1.84. The van der Waals surface area contributed by atoms with E-state index in [9.17, 15) is 9.59 Å². The number of carbonyl (C=O) groups is 2. The van der Waals surface area contributed by atoms with Crippen LogP contribution < -0.4 is 5.32 Å². The number of benzene rings is 1. The Kier molecular flexibility index (Phi) is 4.02. The Morgan fingerprint density at radius 2 is 2.11 bits per heavy atom. The minimum atomic E-state index is -0.178. The van der Waals surface area contributed by atoms with Gasteiger partial charge in [-0.25, -0.2) is 4.68 Å². The number of hydrogen-bond donors (Lipinski definition) is 1. The molecule has 0 saturated heterocycles. The maximum atomic E-state index is 11.7. The quantitative estimate of drug-likeness (QED) is 0.801. The van der Waals surface area contributed by atoms with Gasteiger partial charge in [0.25, 0.3) is 0 Å². The molecule has 0 fully saturated rings. The normalized spacial score (nSPS) is 10.2. The van der Waals surface area contributed by atoms with Crippen LogP contribution in [0.3, 0.4) is 0 Å². The van der Waals surface area contributed by atoms with Gasteiger partial charge in [-0.15, -0.1) is 5.10 Å². The van der Waals surface area contributed by atoms with E-state index in [1.54, 1.807) is 0 Å². The van der Waals surface area contributed by atoms with E-state index >= 15 is 0 Å². The van der Waals surface area contributed by atoms with Gasteiger partial charge in [-0.2, -0.15) is 0 Å². The minimum Gasteiger partial charge on any atom is -0.350 e. The zero-order valence-corrected chi connectivity index (χ0v) is 10.5. The number of aromatic nitrogens is 3. The van der Waals surface area contributed by atoms with Gasteiger partial charge in [0.05, 0.1) is 6.20 Å². The lowest BCUT2D eigenvalue weighted by Gasteiger charge is -2.05. The van der Waals surface area contributed by atoms with Crippen LogP contribution in [0.15, 0.2) is 30.5 Å². The molecule has 6 nitrogen and oxygen atoms in total. The second kappa shape index (κ2) is 5.90. The van der Waals surface area contributed by atoms with E-state index < -0.39 is 0 Å². The molecule has 0 bridgehead atoms. The summed E-state index contributed by atoms with van der Waals surface area (Å²) < 4.78 is 1.33. The molecule has 1 N–H and O–H groups in total. The van der Waals surface area contributed by atoms with E-state index in [0.29, 0.717) is 12.8 Å². The fourth-order valence-corrected chi connectivity index (χ4v) is 1.55. The first-order valence-electron chi connectivity index (χ1n) is 5.85. The molecule has 6 heteroatoms. The average molecular weight is 258 g/mol. The van der Waals surface area contributed by atoms with Crippen molar-refractivity contribution in [3.63, 3.8) is 0 Å². The van der Waals surface area contributed by atoms with Crippen molar-refractivity contribution in [3.05, 3.63) is 47.3 Å². The molecule has 0 saturated carbocycles. The molecule has 1 heterocycles. The monoisotopic (exact) mass is 258 g/mol. The SMILES string of the molecule is Cc1ccc(CNC(=O)Cn2cc(C=O)nn2)cc1. The van der Waals surface area contributed by atoms with Gasteiger partial charge in [0.1, 0.15) is 12.2 Å². The van der Waals surface area contributed by atoms with Crippen LogP contribution in [0.2, 0.25) is 0 Å². The summed E-state index contributed by atoms with van der Waals surface area (Å²) in [5.74, 6) is -0.178. The number of nitrogens with zero attached hydrogens (tertiary/aromatic N) is 3. The number of rotatable bonds is 5. The molecule has 0 aliphatic heterocycles. The van der Waals surface area contributed by atoms with Gasteiger partial charge in [-0.05, 0) is 12.5 Å². The third-order valence-corrected chi connectivity index (χ3v) is 2.59. The minimum absolute atomic E-state index is 0.0483. The predicted molar refractivity (Wildman–Crippen MR) is 68.4 cm³/mol. The van der Waals surface area contributed by atoms with Crippen LogP contribution in [0, 0.1) is 6.92 Å². The van der Waals surface area contributed by atoms with Crippen molar-refractivity contribution in [1.82, 2.24) is 20.3 Å². The summed E-state index contributed by atoms with van der Waals surface area (Å²) in [7, 11) is 0. The summed E-state index contributed by atoms with van der Waals surface area (Å²) >= 11 is 0. The van der Waals surface area contributed by atoms with Gasteiger partial charge in [0, 0.05) is 6.54 Å². The summed E-state index contributed by atoms with van der Waals surface area (Å²) in [5.41, 5.74) is 2.43. The summed E-state index contributed by atoms with van der Waals surface area (Å²) in [6.45, 7) is 2.53. The standard InChI is InChI=1S/C13H14N4O2/c1-10-2-4-11(5-3-10)6-14-13(19)8-17-7-12(9-18)15-16-17/h2-5,7,9H,6,8H2,1H3,(H,14,19). The Bertz CT molecular complexity index is 575. The maximum absolute atomic E-state index is 11.7. The molecule has 0 aliphatic rings. The van der Waals surface area contributed by atoms with E-state index in [2.05, 4.69) is 15.6 Å². The molecular formula is C13H14N4O2. The molecule has 98 valence electrons. The summed E-state index contributed by atoms with van der Waals surface area (Å²) in [6, 6.07) is 7.93. The number of hydrogen-bond acceptors (Lipinski definition) is 4. The molecule has 1 aromatic heterocycles. The van der Waals surface area contributed by atoms with Crippen molar-refractivity contribution in [2.75, 3.05) is 0 Å². The van der Waals surface area contributed by atoms with Crippen LogP contribution in [0.1, 0.15) is 21.6 Å². The number of carbonyl (C=O) groups excluding carboxylic acids is 2. The lowest BCUT2D eigenvalue weighted by molar-refractivity contribution is -0.122. The zero-order chi connectivity index (χ0) is 13.7. The highest BCUT2D eigenvalue weighted by atomic mass is 16.2. The Morgan fingerprint density at radius 1 is 1.37 bits per heavy atom. The van der Waals surface area contributed by atoms with Gasteiger partial charge in [0.2, 0.25) is 5.91 Å². The van der Waals surface area contributed by atoms with E-state index in [-0.39, 0.29) is 18.1 Å². The Labute approximate surface area is 110 Å². The Hall–Kier alpha value is -2.50. The van der Waals surface area contributed by atoms with Crippen LogP contribution in [-0.4, -0.2) is 27.2 Å². The molecule has 0 aliphatic carbocycles. The fraction of sp³-hybridized carbons (Fsp3) is 0.231. The highest BCUT2D eigenvalue weighted by Crippen LogP contribution is 2.02. The summed E-state index contributed by atoms with van der Waals surface area (Å²) in [4.78, 5) is 22.1. The molecule has 1 aromatic carbocycles. The third kappa shape index (κ3) is 3.74. The van der Waals surface area contributed by atoms with Crippen molar-refractivity contribution >= 4 is 12.2 Å². The summed E-state index contributed by atoms with van der Waals surface area (Å²) in [6.07, 6.45) is 2.02. The third-order valence-electron chi connectivity index (χ3n) is 2.59. The van der Waals surface area contributed by atoms with Crippen molar-refractivity contribution in [3.8, 4) is 0 Å². The van der Waals surface area contributed by atoms with E-state index in [0.717, 1.165) is 5.56 Å². The smallest absolute Gasteiger partial charge is 0.242 e. The molecule has 0 atom stereocenters. The lowest BCUT2D eigenvalue weighted by atomic mass is 10.1. The van der Waals surface area contributed by atoms with Gasteiger partial charge >= 0.3 is 0 Å². The Morgan fingerprint density at radius 3 is 2.74 bits per heavy atom. The van der Waals surface area contributed by atoms with Crippen LogP contribution >= 0.6 is 0 Å². The second-order valence-corrected chi connectivity index (χ2v) is 4.22. The van der Waals surface area contributed by atoms with Gasteiger partial charge in [0.15, 0.2) is 6.29 Å². The molecule has 19 heavy (non-hydrogen) atoms. The van der Waals surface area contributed by atoms with Crippen molar-refractivity contribution in [2.45, 2.75) is 20.0 Å². The summed E-state index contributed by atoms with van der Waals surface area (Å²) in [5, 5.41) is 10.0. The van der Waals surface area contributed by atoms with Gasteiger partial charge in [-0.1, -0.05) is 35.0 Å². The maximum Gasteiger partial charge on any atom is 0.242 e.